The van der Waals surface area contributed by atoms with Crippen LogP contribution >= 0.6 is 0 Å². The molecule has 2 aromatic carbocycles. The molecule has 0 saturated heterocycles. The summed E-state index contributed by atoms with van der Waals surface area (Å²) in [6.45, 7) is 1.55. The molecule has 126 valence electrons. The van der Waals surface area contributed by atoms with Crippen LogP contribution in [0.25, 0.3) is 27.2 Å². The highest BCUT2D eigenvalue weighted by Gasteiger charge is 2.24. The molecule has 0 unspecified atom stereocenters. The van der Waals surface area contributed by atoms with Crippen LogP contribution in [0.5, 0.6) is 5.75 Å². The van der Waals surface area contributed by atoms with Crippen molar-refractivity contribution in [2.75, 3.05) is 20.2 Å². The molecule has 0 amide bonds. The van der Waals surface area contributed by atoms with Gasteiger partial charge in [-0.1, -0.05) is 18.2 Å². The highest BCUT2D eigenvalue weighted by molar-refractivity contribution is 6.16. The number of fused-ring (bicyclic) bond motifs is 5. The van der Waals surface area contributed by atoms with Crippen molar-refractivity contribution in [3.8, 4) is 5.75 Å². The Kier molecular flexibility index (Phi) is 2.93. The van der Waals surface area contributed by atoms with Gasteiger partial charge in [0.2, 0.25) is 0 Å². The van der Waals surface area contributed by atoms with Gasteiger partial charge in [-0.2, -0.15) is 0 Å². The standard InChI is InChI=1S/C19H17N3O3/c1-20-8-9-21-18(23)13-4-2-3-12-15-14(22(16(12)13)19(21)24)6-5-11-7-10-25-17(11)15/h2-6,20H,7-10H2,1H3. The Morgan fingerprint density at radius 2 is 2.00 bits per heavy atom. The summed E-state index contributed by atoms with van der Waals surface area (Å²) in [6.07, 6.45) is 0.874. The van der Waals surface area contributed by atoms with Crippen molar-refractivity contribution >= 4 is 27.2 Å². The number of hydrogen-bond donors (Lipinski definition) is 1. The number of ether oxygens (including phenoxy) is 1. The first kappa shape index (κ1) is 14.5. The topological polar surface area (TPSA) is 64.7 Å². The van der Waals surface area contributed by atoms with Gasteiger partial charge in [-0.05, 0) is 24.7 Å². The highest BCUT2D eigenvalue weighted by Crippen LogP contribution is 2.40. The van der Waals surface area contributed by atoms with Crippen molar-refractivity contribution in [3.05, 3.63) is 56.7 Å². The van der Waals surface area contributed by atoms with Gasteiger partial charge < -0.3 is 10.1 Å². The van der Waals surface area contributed by atoms with Crippen molar-refractivity contribution in [1.29, 1.82) is 0 Å². The molecule has 5 rings (SSSR count). The number of nitrogens with one attached hydrogen (secondary N) is 1. The van der Waals surface area contributed by atoms with Gasteiger partial charge in [-0.3, -0.25) is 13.8 Å². The summed E-state index contributed by atoms with van der Waals surface area (Å²) in [7, 11) is 1.80. The monoisotopic (exact) mass is 335 g/mol. The molecular formula is C19H17N3O3. The molecule has 25 heavy (non-hydrogen) atoms. The molecule has 0 aliphatic carbocycles. The maximum atomic E-state index is 13.1. The van der Waals surface area contributed by atoms with E-state index in [1.54, 1.807) is 17.5 Å². The summed E-state index contributed by atoms with van der Waals surface area (Å²) < 4.78 is 8.84. The summed E-state index contributed by atoms with van der Waals surface area (Å²) in [5.74, 6) is 0.849. The molecule has 6 heteroatoms. The van der Waals surface area contributed by atoms with E-state index >= 15 is 0 Å². The zero-order chi connectivity index (χ0) is 17.1. The quantitative estimate of drug-likeness (QED) is 0.614. The second-order valence-electron chi connectivity index (χ2n) is 6.43. The van der Waals surface area contributed by atoms with E-state index < -0.39 is 0 Å². The van der Waals surface area contributed by atoms with Gasteiger partial charge in [-0.25, -0.2) is 4.79 Å². The van der Waals surface area contributed by atoms with Gasteiger partial charge in [-0.15, -0.1) is 0 Å². The van der Waals surface area contributed by atoms with Crippen LogP contribution in [0.4, 0.5) is 0 Å². The fourth-order valence-electron chi connectivity index (χ4n) is 3.94. The largest absolute Gasteiger partial charge is 0.492 e. The van der Waals surface area contributed by atoms with Crippen LogP contribution in [0, 0.1) is 0 Å². The van der Waals surface area contributed by atoms with Gasteiger partial charge in [0.1, 0.15) is 5.75 Å². The summed E-state index contributed by atoms with van der Waals surface area (Å²) >= 11 is 0. The summed E-state index contributed by atoms with van der Waals surface area (Å²) in [4.78, 5) is 26.0. The lowest BCUT2D eigenvalue weighted by Crippen LogP contribution is -2.39. The van der Waals surface area contributed by atoms with Crippen LogP contribution in [0.15, 0.2) is 39.9 Å². The van der Waals surface area contributed by atoms with Crippen LogP contribution in [0.1, 0.15) is 5.56 Å². The van der Waals surface area contributed by atoms with Crippen LogP contribution in [0.2, 0.25) is 0 Å². The van der Waals surface area contributed by atoms with E-state index in [0.717, 1.165) is 34.0 Å². The van der Waals surface area contributed by atoms with Gasteiger partial charge >= 0.3 is 5.69 Å². The minimum absolute atomic E-state index is 0.237. The van der Waals surface area contributed by atoms with Crippen molar-refractivity contribution in [2.24, 2.45) is 0 Å². The maximum Gasteiger partial charge on any atom is 0.336 e. The van der Waals surface area contributed by atoms with Gasteiger partial charge in [0.15, 0.2) is 0 Å². The molecule has 0 bridgehead atoms. The molecule has 0 saturated carbocycles. The number of para-hydroxylation sites is 1. The lowest BCUT2D eigenvalue weighted by atomic mass is 10.1. The number of nitrogens with zero attached hydrogens (tertiary/aromatic N) is 2. The zero-order valence-corrected chi connectivity index (χ0v) is 13.8. The third kappa shape index (κ3) is 1.77. The summed E-state index contributed by atoms with van der Waals surface area (Å²) in [5.41, 5.74) is 2.12. The van der Waals surface area contributed by atoms with Crippen LogP contribution in [-0.2, 0) is 13.0 Å². The molecule has 3 heterocycles. The van der Waals surface area contributed by atoms with Crippen molar-refractivity contribution < 1.29 is 4.74 Å². The summed E-state index contributed by atoms with van der Waals surface area (Å²) in [5, 5.41) is 5.40. The molecule has 1 N–H and O–H groups in total. The van der Waals surface area contributed by atoms with Gasteiger partial charge in [0.25, 0.3) is 5.56 Å². The Balaban J connectivity index is 2.04. The first-order chi connectivity index (χ1) is 12.2. The van der Waals surface area contributed by atoms with Crippen molar-refractivity contribution in [2.45, 2.75) is 13.0 Å². The molecule has 1 aliphatic heterocycles. The SMILES string of the molecule is CNCCn1c(=O)c2cccc3c4c5c(ccc4n(c1=O)c23)CCO5. The Hall–Kier alpha value is -2.86. The Morgan fingerprint density at radius 3 is 2.84 bits per heavy atom. The molecule has 0 atom stereocenters. The highest BCUT2D eigenvalue weighted by atomic mass is 16.5. The zero-order valence-electron chi connectivity index (χ0n) is 13.8. The maximum absolute atomic E-state index is 13.1. The lowest BCUT2D eigenvalue weighted by molar-refractivity contribution is 0.360. The fraction of sp³-hybridized carbons (Fsp3) is 0.263. The lowest BCUT2D eigenvalue weighted by Gasteiger charge is -2.08. The Morgan fingerprint density at radius 1 is 1.16 bits per heavy atom. The molecule has 0 radical (unpaired) electrons. The van der Waals surface area contributed by atoms with Crippen LogP contribution in [-0.4, -0.2) is 29.2 Å². The Labute approximate surface area is 142 Å². The predicted molar refractivity (Wildman–Crippen MR) is 97.3 cm³/mol. The van der Waals surface area contributed by atoms with E-state index in [4.69, 9.17) is 4.74 Å². The van der Waals surface area contributed by atoms with Crippen molar-refractivity contribution in [3.63, 3.8) is 0 Å². The first-order valence-electron chi connectivity index (χ1n) is 8.45. The second kappa shape index (κ2) is 5.07. The van der Waals surface area contributed by atoms with E-state index in [2.05, 4.69) is 5.32 Å². The number of rotatable bonds is 3. The first-order valence-corrected chi connectivity index (χ1v) is 8.45. The molecule has 1 aliphatic rings. The summed E-state index contributed by atoms with van der Waals surface area (Å²) in [6, 6.07) is 9.62. The third-order valence-corrected chi connectivity index (χ3v) is 5.09. The van der Waals surface area contributed by atoms with E-state index in [0.29, 0.717) is 30.6 Å². The fourth-order valence-corrected chi connectivity index (χ4v) is 3.94. The normalized spacial score (nSPS) is 13.8. The van der Waals surface area contributed by atoms with E-state index in [1.807, 2.05) is 24.3 Å². The number of hydrogen-bond acceptors (Lipinski definition) is 4. The molecule has 6 nitrogen and oxygen atoms in total. The average Bonchev–Trinajstić information content (AvgIpc) is 3.22. The number of aromatic nitrogens is 2. The predicted octanol–water partition coefficient (Wildman–Crippen LogP) is 1.36. The minimum Gasteiger partial charge on any atom is -0.492 e. The van der Waals surface area contributed by atoms with Gasteiger partial charge in [0.05, 0.1) is 28.4 Å². The molecule has 0 spiro atoms. The van der Waals surface area contributed by atoms with Gasteiger partial charge in [0, 0.05) is 24.9 Å². The number of likely N-dealkylation sites (N-methyl/N-ethyl adjacent to an activating group) is 1. The third-order valence-electron chi connectivity index (χ3n) is 5.09. The van der Waals surface area contributed by atoms with E-state index in [-0.39, 0.29) is 11.2 Å². The molecular weight excluding hydrogens is 318 g/mol. The van der Waals surface area contributed by atoms with E-state index in [9.17, 15) is 9.59 Å². The van der Waals surface area contributed by atoms with Crippen molar-refractivity contribution in [1.82, 2.24) is 14.3 Å². The van der Waals surface area contributed by atoms with E-state index in [1.165, 1.54) is 4.57 Å². The molecule has 2 aromatic heterocycles. The molecule has 0 fully saturated rings. The Bertz CT molecular complexity index is 1250. The second-order valence-corrected chi connectivity index (χ2v) is 6.43. The number of benzene rings is 2. The van der Waals surface area contributed by atoms with Crippen LogP contribution in [0.3, 0.4) is 0 Å². The minimum atomic E-state index is -0.295. The molecule has 4 aromatic rings. The smallest absolute Gasteiger partial charge is 0.336 e. The average molecular weight is 335 g/mol. The van der Waals surface area contributed by atoms with Crippen LogP contribution < -0.4 is 21.3 Å².